The van der Waals surface area contributed by atoms with Crippen molar-refractivity contribution in [1.82, 2.24) is 24.6 Å². The van der Waals surface area contributed by atoms with E-state index in [1.54, 1.807) is 11.3 Å². The smallest absolute Gasteiger partial charge is 0.128 e. The van der Waals surface area contributed by atoms with Crippen LogP contribution in [0.3, 0.4) is 0 Å². The lowest BCUT2D eigenvalue weighted by Gasteiger charge is -2.27. The number of aryl methyl sites for hydroxylation is 1. The minimum atomic E-state index is 0.871. The summed E-state index contributed by atoms with van der Waals surface area (Å²) in [5.41, 5.74) is 5.90. The van der Waals surface area contributed by atoms with Crippen molar-refractivity contribution < 1.29 is 0 Å². The molecule has 5 nitrogen and oxygen atoms in total. The molecule has 0 amide bonds. The van der Waals surface area contributed by atoms with Crippen molar-refractivity contribution in [3.63, 3.8) is 0 Å². The Kier molecular flexibility index (Phi) is 5.43. The van der Waals surface area contributed by atoms with Gasteiger partial charge in [0.05, 0.1) is 10.6 Å². The second-order valence-corrected chi connectivity index (χ2v) is 8.68. The number of rotatable bonds is 6. The summed E-state index contributed by atoms with van der Waals surface area (Å²) in [7, 11) is 0. The van der Waals surface area contributed by atoms with Gasteiger partial charge in [-0.2, -0.15) is 5.10 Å². The number of hydrogen-bond donors (Lipinski definition) is 0. The van der Waals surface area contributed by atoms with Gasteiger partial charge in [0.25, 0.3) is 0 Å². The zero-order chi connectivity index (χ0) is 20.3. The number of fused-ring (bicyclic) bond motifs is 1. The van der Waals surface area contributed by atoms with Gasteiger partial charge in [-0.15, -0.1) is 11.3 Å². The van der Waals surface area contributed by atoms with Crippen LogP contribution in [0.4, 0.5) is 0 Å². The SMILES string of the molecule is CCCc1ncc2c(n1)CCN(Cc1cn(-c3ccccc3)nc1-c1cccs1)C2. The van der Waals surface area contributed by atoms with E-state index in [1.165, 1.54) is 21.7 Å². The fourth-order valence-electron chi connectivity index (χ4n) is 3.99. The summed E-state index contributed by atoms with van der Waals surface area (Å²) in [5, 5.41) is 7.05. The topological polar surface area (TPSA) is 46.8 Å². The van der Waals surface area contributed by atoms with Crippen molar-refractivity contribution in [3.05, 3.63) is 82.9 Å². The van der Waals surface area contributed by atoms with Crippen LogP contribution in [0.1, 0.15) is 36.0 Å². The first kappa shape index (κ1) is 19.2. The highest BCUT2D eigenvalue weighted by Gasteiger charge is 2.21. The molecule has 1 aliphatic rings. The van der Waals surface area contributed by atoms with Crippen molar-refractivity contribution in [2.45, 2.75) is 39.3 Å². The second-order valence-electron chi connectivity index (χ2n) is 7.73. The van der Waals surface area contributed by atoms with Gasteiger partial charge >= 0.3 is 0 Å². The summed E-state index contributed by atoms with van der Waals surface area (Å²) in [6.07, 6.45) is 7.24. The molecular formula is C24H25N5S. The van der Waals surface area contributed by atoms with Crippen LogP contribution in [0.5, 0.6) is 0 Å². The van der Waals surface area contributed by atoms with Crippen molar-refractivity contribution in [1.29, 1.82) is 0 Å². The predicted molar refractivity (Wildman–Crippen MR) is 121 cm³/mol. The van der Waals surface area contributed by atoms with E-state index >= 15 is 0 Å². The molecule has 0 saturated heterocycles. The first-order valence-corrected chi connectivity index (χ1v) is 11.4. The monoisotopic (exact) mass is 415 g/mol. The van der Waals surface area contributed by atoms with Crippen molar-refractivity contribution in [3.8, 4) is 16.3 Å². The summed E-state index contributed by atoms with van der Waals surface area (Å²) in [6.45, 7) is 4.94. The summed E-state index contributed by atoms with van der Waals surface area (Å²) in [4.78, 5) is 13.1. The summed E-state index contributed by atoms with van der Waals surface area (Å²) < 4.78 is 2.00. The van der Waals surface area contributed by atoms with Gasteiger partial charge in [0.15, 0.2) is 0 Å². The van der Waals surface area contributed by atoms with E-state index < -0.39 is 0 Å². The van der Waals surface area contributed by atoms with Crippen LogP contribution in [0.15, 0.2) is 60.2 Å². The van der Waals surface area contributed by atoms with E-state index in [1.807, 2.05) is 16.9 Å². The third-order valence-electron chi connectivity index (χ3n) is 5.50. The van der Waals surface area contributed by atoms with Crippen LogP contribution in [0.2, 0.25) is 0 Å². The molecule has 0 aliphatic carbocycles. The molecule has 0 unspecified atom stereocenters. The zero-order valence-electron chi connectivity index (χ0n) is 17.2. The van der Waals surface area contributed by atoms with Gasteiger partial charge in [0.1, 0.15) is 11.5 Å². The highest BCUT2D eigenvalue weighted by Crippen LogP contribution is 2.29. The van der Waals surface area contributed by atoms with Crippen LogP contribution in [-0.2, 0) is 25.9 Å². The Morgan fingerprint density at radius 2 is 2.00 bits per heavy atom. The standard InChI is InChI=1S/C24H25N5S/c1-2-7-23-25-14-18-15-28(12-11-21(18)26-23)16-19-17-29(20-8-4-3-5-9-20)27-24(19)22-10-6-13-30-22/h3-6,8-10,13-14,17H,2,7,11-12,15-16H2,1H3. The van der Waals surface area contributed by atoms with E-state index in [0.29, 0.717) is 0 Å². The Labute approximate surface area is 181 Å². The lowest BCUT2D eigenvalue weighted by atomic mass is 10.1. The van der Waals surface area contributed by atoms with Gasteiger partial charge in [0.2, 0.25) is 0 Å². The second kappa shape index (κ2) is 8.50. The number of hydrogen-bond acceptors (Lipinski definition) is 5. The van der Waals surface area contributed by atoms with E-state index in [9.17, 15) is 0 Å². The lowest BCUT2D eigenvalue weighted by Crippen LogP contribution is -2.31. The van der Waals surface area contributed by atoms with Gasteiger partial charge in [-0.25, -0.2) is 14.6 Å². The molecule has 0 radical (unpaired) electrons. The number of benzene rings is 1. The van der Waals surface area contributed by atoms with Crippen LogP contribution >= 0.6 is 11.3 Å². The van der Waals surface area contributed by atoms with Crippen molar-refractivity contribution >= 4 is 11.3 Å². The zero-order valence-corrected chi connectivity index (χ0v) is 18.0. The predicted octanol–water partition coefficient (Wildman–Crippen LogP) is 4.90. The van der Waals surface area contributed by atoms with Crippen molar-refractivity contribution in [2.24, 2.45) is 0 Å². The molecule has 0 atom stereocenters. The first-order chi connectivity index (χ1) is 14.8. The quantitative estimate of drug-likeness (QED) is 0.449. The largest absolute Gasteiger partial charge is 0.294 e. The molecule has 0 saturated carbocycles. The minimum absolute atomic E-state index is 0.871. The van der Waals surface area contributed by atoms with Gasteiger partial charge in [0, 0.05) is 61.7 Å². The van der Waals surface area contributed by atoms with Gasteiger partial charge in [-0.1, -0.05) is 31.2 Å². The molecule has 6 heteroatoms. The molecule has 30 heavy (non-hydrogen) atoms. The fourth-order valence-corrected chi connectivity index (χ4v) is 4.74. The number of aromatic nitrogens is 4. The molecule has 0 bridgehead atoms. The highest BCUT2D eigenvalue weighted by atomic mass is 32.1. The van der Waals surface area contributed by atoms with Crippen LogP contribution in [0.25, 0.3) is 16.3 Å². The van der Waals surface area contributed by atoms with Crippen LogP contribution in [-0.4, -0.2) is 31.2 Å². The number of thiophene rings is 1. The Morgan fingerprint density at radius 3 is 2.80 bits per heavy atom. The van der Waals surface area contributed by atoms with E-state index in [4.69, 9.17) is 10.1 Å². The van der Waals surface area contributed by atoms with Gasteiger partial charge in [-0.05, 0) is 30.0 Å². The van der Waals surface area contributed by atoms with Crippen LogP contribution < -0.4 is 0 Å². The molecular weight excluding hydrogens is 390 g/mol. The molecule has 0 spiro atoms. The number of nitrogens with zero attached hydrogens (tertiary/aromatic N) is 5. The van der Waals surface area contributed by atoms with Gasteiger partial charge in [-0.3, -0.25) is 4.90 Å². The summed E-state index contributed by atoms with van der Waals surface area (Å²) in [6, 6.07) is 14.6. The number of para-hydroxylation sites is 1. The highest BCUT2D eigenvalue weighted by molar-refractivity contribution is 7.13. The van der Waals surface area contributed by atoms with Crippen LogP contribution in [0, 0.1) is 0 Å². The molecule has 1 aliphatic heterocycles. The fraction of sp³-hybridized carbons (Fsp3) is 0.292. The average Bonchev–Trinajstić information content (AvgIpc) is 3.45. The molecule has 1 aromatic carbocycles. The Morgan fingerprint density at radius 1 is 1.10 bits per heavy atom. The minimum Gasteiger partial charge on any atom is -0.294 e. The Hall–Kier alpha value is -2.83. The summed E-state index contributed by atoms with van der Waals surface area (Å²) >= 11 is 1.74. The molecule has 0 N–H and O–H groups in total. The molecule has 152 valence electrons. The summed E-state index contributed by atoms with van der Waals surface area (Å²) in [5.74, 6) is 0.980. The molecule has 5 rings (SSSR count). The van der Waals surface area contributed by atoms with Gasteiger partial charge < -0.3 is 0 Å². The van der Waals surface area contributed by atoms with E-state index in [-0.39, 0.29) is 0 Å². The van der Waals surface area contributed by atoms with E-state index in [0.717, 1.165) is 56.1 Å². The Balaban J connectivity index is 1.41. The molecule has 3 aromatic heterocycles. The van der Waals surface area contributed by atoms with E-state index in [2.05, 4.69) is 64.8 Å². The molecule has 4 heterocycles. The molecule has 4 aromatic rings. The van der Waals surface area contributed by atoms with Crippen molar-refractivity contribution in [2.75, 3.05) is 6.54 Å². The lowest BCUT2D eigenvalue weighted by molar-refractivity contribution is 0.243. The third-order valence-corrected chi connectivity index (χ3v) is 6.37. The maximum atomic E-state index is 4.94. The average molecular weight is 416 g/mol. The maximum absolute atomic E-state index is 4.94. The first-order valence-electron chi connectivity index (χ1n) is 10.5. The maximum Gasteiger partial charge on any atom is 0.128 e. The Bertz CT molecular complexity index is 1120. The third kappa shape index (κ3) is 3.93. The molecule has 0 fully saturated rings. The normalized spacial score (nSPS) is 14.0.